The zero-order valence-electron chi connectivity index (χ0n) is 14.8. The van der Waals surface area contributed by atoms with Crippen molar-refractivity contribution in [3.63, 3.8) is 0 Å². The van der Waals surface area contributed by atoms with Gasteiger partial charge in [0.2, 0.25) is 0 Å². The Kier molecular flexibility index (Phi) is 4.95. The number of hydrogen-bond donors (Lipinski definition) is 0. The first-order chi connectivity index (χ1) is 10.6. The van der Waals surface area contributed by atoms with E-state index in [-0.39, 0.29) is 23.4 Å². The Morgan fingerprint density at radius 1 is 1.04 bits per heavy atom. The number of benzene rings is 1. The second-order valence-corrected chi connectivity index (χ2v) is 8.57. The van der Waals surface area contributed by atoms with Gasteiger partial charge >= 0.3 is 5.97 Å². The molecule has 0 radical (unpaired) electrons. The van der Waals surface area contributed by atoms with Crippen molar-refractivity contribution in [2.45, 2.75) is 59.0 Å². The van der Waals surface area contributed by atoms with Crippen molar-refractivity contribution < 1.29 is 9.53 Å². The molecule has 23 heavy (non-hydrogen) atoms. The maximum absolute atomic E-state index is 12.8. The van der Waals surface area contributed by atoms with E-state index in [0.717, 1.165) is 16.1 Å². The molecule has 0 aliphatic heterocycles. The smallest absolute Gasteiger partial charge is 0.341 e. The van der Waals surface area contributed by atoms with Gasteiger partial charge in [-0.25, -0.2) is 4.79 Å². The maximum Gasteiger partial charge on any atom is 0.341 e. The minimum absolute atomic E-state index is 0.137. The van der Waals surface area contributed by atoms with Gasteiger partial charge < -0.3 is 4.74 Å². The highest BCUT2D eigenvalue weighted by atomic mass is 32.1. The zero-order valence-corrected chi connectivity index (χ0v) is 15.6. The van der Waals surface area contributed by atoms with E-state index in [1.54, 1.807) is 0 Å². The molecule has 0 bridgehead atoms. The van der Waals surface area contributed by atoms with Crippen LogP contribution in [0.5, 0.6) is 0 Å². The predicted molar refractivity (Wildman–Crippen MR) is 95.1 cm³/mol. The minimum atomic E-state index is -0.280. The molecule has 4 heteroatoms. The maximum atomic E-state index is 12.8. The Morgan fingerprint density at radius 2 is 1.65 bits per heavy atom. The number of aromatic nitrogens is 1. The summed E-state index contributed by atoms with van der Waals surface area (Å²) >= 11 is 1.41. The van der Waals surface area contributed by atoms with Crippen LogP contribution < -0.4 is 0 Å². The Morgan fingerprint density at radius 3 is 2.17 bits per heavy atom. The van der Waals surface area contributed by atoms with Crippen molar-refractivity contribution in [3.05, 3.63) is 52.0 Å². The van der Waals surface area contributed by atoms with Gasteiger partial charge in [-0.2, -0.15) is 4.37 Å². The highest BCUT2D eigenvalue weighted by Crippen LogP contribution is 2.37. The summed E-state index contributed by atoms with van der Waals surface area (Å²) < 4.78 is 10.1. The number of nitrogens with zero attached hydrogens (tertiary/aromatic N) is 1. The average molecular weight is 331 g/mol. The van der Waals surface area contributed by atoms with Crippen LogP contribution in [0, 0.1) is 0 Å². The molecule has 0 fully saturated rings. The molecule has 0 unspecified atom stereocenters. The molecule has 0 N–H and O–H groups in total. The van der Waals surface area contributed by atoms with Gasteiger partial charge in [0.15, 0.2) is 0 Å². The summed E-state index contributed by atoms with van der Waals surface area (Å²) in [7, 11) is 0. The fraction of sp³-hybridized carbons (Fsp3) is 0.474. The van der Waals surface area contributed by atoms with E-state index in [1.807, 2.05) is 30.3 Å². The SMILES string of the molecule is CC(C)(C)c1nsc(C(C)(C)C)c1C(=O)OCc1ccccc1. The third kappa shape index (κ3) is 4.20. The monoisotopic (exact) mass is 331 g/mol. The van der Waals surface area contributed by atoms with Crippen molar-refractivity contribution in [3.8, 4) is 0 Å². The van der Waals surface area contributed by atoms with Crippen molar-refractivity contribution in [2.75, 3.05) is 0 Å². The van der Waals surface area contributed by atoms with Gasteiger partial charge in [-0.15, -0.1) is 0 Å². The highest BCUT2D eigenvalue weighted by molar-refractivity contribution is 7.06. The van der Waals surface area contributed by atoms with Crippen molar-refractivity contribution >= 4 is 17.5 Å². The van der Waals surface area contributed by atoms with E-state index in [9.17, 15) is 4.79 Å². The molecule has 0 aliphatic carbocycles. The second kappa shape index (κ2) is 6.44. The molecule has 1 aromatic carbocycles. The lowest BCUT2D eigenvalue weighted by Gasteiger charge is -2.21. The van der Waals surface area contributed by atoms with E-state index in [2.05, 4.69) is 45.9 Å². The molecule has 0 saturated heterocycles. The van der Waals surface area contributed by atoms with E-state index in [0.29, 0.717) is 5.56 Å². The van der Waals surface area contributed by atoms with Gasteiger partial charge in [0.05, 0.1) is 11.3 Å². The summed E-state index contributed by atoms with van der Waals surface area (Å²) in [6.45, 7) is 12.8. The lowest BCUT2D eigenvalue weighted by atomic mass is 9.84. The van der Waals surface area contributed by atoms with Crippen LogP contribution in [0.1, 0.15) is 68.0 Å². The van der Waals surface area contributed by atoms with Crippen molar-refractivity contribution in [1.29, 1.82) is 0 Å². The Bertz CT molecular complexity index is 644. The molecule has 0 saturated carbocycles. The summed E-state index contributed by atoms with van der Waals surface area (Å²) in [4.78, 5) is 13.7. The van der Waals surface area contributed by atoms with Crippen LogP contribution in [-0.4, -0.2) is 10.3 Å². The van der Waals surface area contributed by atoms with E-state index >= 15 is 0 Å². The zero-order chi connectivity index (χ0) is 17.3. The molecule has 1 aromatic heterocycles. The van der Waals surface area contributed by atoms with Crippen LogP contribution in [-0.2, 0) is 22.2 Å². The van der Waals surface area contributed by atoms with Crippen LogP contribution in [0.2, 0.25) is 0 Å². The van der Waals surface area contributed by atoms with Crippen LogP contribution in [0.3, 0.4) is 0 Å². The third-order valence-electron chi connectivity index (χ3n) is 3.50. The first-order valence-electron chi connectivity index (χ1n) is 7.82. The molecule has 0 atom stereocenters. The fourth-order valence-electron chi connectivity index (χ4n) is 2.30. The number of rotatable bonds is 3. The van der Waals surface area contributed by atoms with E-state index in [1.165, 1.54) is 11.5 Å². The van der Waals surface area contributed by atoms with Crippen LogP contribution in [0.25, 0.3) is 0 Å². The van der Waals surface area contributed by atoms with Crippen molar-refractivity contribution in [2.24, 2.45) is 0 Å². The Balaban J connectivity index is 2.32. The van der Waals surface area contributed by atoms with Gasteiger partial charge in [0.25, 0.3) is 0 Å². The van der Waals surface area contributed by atoms with E-state index < -0.39 is 0 Å². The van der Waals surface area contributed by atoms with Gasteiger partial charge in [-0.3, -0.25) is 0 Å². The molecule has 1 heterocycles. The Labute approximate surface area is 142 Å². The molecule has 0 spiro atoms. The summed E-state index contributed by atoms with van der Waals surface area (Å²) in [5, 5.41) is 0. The average Bonchev–Trinajstić information content (AvgIpc) is 2.91. The fourth-order valence-corrected chi connectivity index (χ4v) is 3.39. The molecule has 2 aromatic rings. The third-order valence-corrected chi connectivity index (χ3v) is 4.77. The lowest BCUT2D eigenvalue weighted by Crippen LogP contribution is -2.21. The molecule has 0 aliphatic rings. The summed E-state index contributed by atoms with van der Waals surface area (Å²) in [6.07, 6.45) is 0. The molecular weight excluding hydrogens is 306 g/mol. The second-order valence-electron chi connectivity index (χ2n) is 7.80. The van der Waals surface area contributed by atoms with Crippen LogP contribution >= 0.6 is 11.5 Å². The molecular formula is C19H25NO2S. The van der Waals surface area contributed by atoms with Gasteiger partial charge in [-0.05, 0) is 22.5 Å². The number of esters is 1. The summed E-state index contributed by atoms with van der Waals surface area (Å²) in [6, 6.07) is 9.74. The molecule has 2 rings (SSSR count). The molecule has 124 valence electrons. The molecule has 3 nitrogen and oxygen atoms in total. The number of hydrogen-bond acceptors (Lipinski definition) is 4. The van der Waals surface area contributed by atoms with Crippen LogP contribution in [0.15, 0.2) is 30.3 Å². The first-order valence-corrected chi connectivity index (χ1v) is 8.59. The topological polar surface area (TPSA) is 39.2 Å². The summed E-state index contributed by atoms with van der Waals surface area (Å²) in [5.74, 6) is -0.280. The van der Waals surface area contributed by atoms with Crippen LogP contribution in [0.4, 0.5) is 0 Å². The quantitative estimate of drug-likeness (QED) is 0.735. The van der Waals surface area contributed by atoms with Gasteiger partial charge in [0.1, 0.15) is 6.61 Å². The number of ether oxygens (including phenoxy) is 1. The van der Waals surface area contributed by atoms with Gasteiger partial charge in [0, 0.05) is 10.3 Å². The first kappa shape index (κ1) is 17.7. The number of carbonyl (C=O) groups is 1. The number of carbonyl (C=O) groups excluding carboxylic acids is 1. The minimum Gasteiger partial charge on any atom is -0.457 e. The normalized spacial score (nSPS) is 12.3. The van der Waals surface area contributed by atoms with Gasteiger partial charge in [-0.1, -0.05) is 71.9 Å². The highest BCUT2D eigenvalue weighted by Gasteiger charge is 2.33. The predicted octanol–water partition coefficient (Wildman–Crippen LogP) is 5.10. The van der Waals surface area contributed by atoms with Crippen molar-refractivity contribution in [1.82, 2.24) is 4.37 Å². The van der Waals surface area contributed by atoms with E-state index in [4.69, 9.17) is 4.74 Å². The summed E-state index contributed by atoms with van der Waals surface area (Å²) in [5.41, 5.74) is 2.12. The lowest BCUT2D eigenvalue weighted by molar-refractivity contribution is 0.0467. The molecule has 0 amide bonds. The largest absolute Gasteiger partial charge is 0.457 e. The Hall–Kier alpha value is -1.68. The standard InChI is InChI=1S/C19H25NO2S/c1-18(2,3)15-14(16(23-20-15)19(4,5)6)17(21)22-12-13-10-8-7-9-11-13/h7-11H,12H2,1-6H3.